The third kappa shape index (κ3) is 4.98. The van der Waals surface area contributed by atoms with Crippen LogP contribution < -0.4 is 11.1 Å². The zero-order valence-electron chi connectivity index (χ0n) is 22.7. The van der Waals surface area contributed by atoms with Crippen LogP contribution in [0.3, 0.4) is 0 Å². The van der Waals surface area contributed by atoms with Gasteiger partial charge in [0, 0.05) is 24.3 Å². The van der Waals surface area contributed by atoms with Gasteiger partial charge in [0.2, 0.25) is 0 Å². The maximum Gasteiger partial charge on any atom is 0.417 e. The van der Waals surface area contributed by atoms with Crippen LogP contribution >= 0.6 is 0 Å². The second-order valence-electron chi connectivity index (χ2n) is 11.3. The lowest BCUT2D eigenvalue weighted by Crippen LogP contribution is -2.51. The summed E-state index contributed by atoms with van der Waals surface area (Å²) < 4.78 is 83.3. The van der Waals surface area contributed by atoms with Crippen molar-refractivity contribution in [3.63, 3.8) is 0 Å². The molecule has 2 amide bonds. The van der Waals surface area contributed by atoms with Gasteiger partial charge >= 0.3 is 12.4 Å². The number of nitrogens with two attached hydrogens (primary N) is 1. The van der Waals surface area contributed by atoms with Gasteiger partial charge in [-0.3, -0.25) is 9.59 Å². The first-order valence-electron chi connectivity index (χ1n) is 13.6. The van der Waals surface area contributed by atoms with E-state index < -0.39 is 59.8 Å². The summed E-state index contributed by atoms with van der Waals surface area (Å²) in [5.74, 6) is -1.70. The minimum atomic E-state index is -4.83. The summed E-state index contributed by atoms with van der Waals surface area (Å²) in [6.07, 6.45) is -7.09. The predicted octanol–water partition coefficient (Wildman–Crippen LogP) is 4.64. The molecule has 3 aromatic rings. The third-order valence-electron chi connectivity index (χ3n) is 8.50. The molecule has 3 aliphatic rings. The van der Waals surface area contributed by atoms with E-state index in [1.54, 1.807) is 6.92 Å². The lowest BCUT2D eigenvalue weighted by molar-refractivity contribution is -0.270. The van der Waals surface area contributed by atoms with Crippen LogP contribution in [0.5, 0.6) is 0 Å². The molecule has 1 fully saturated rings. The number of aliphatic hydroxyl groups is 1. The number of halogens is 6. The van der Waals surface area contributed by atoms with Gasteiger partial charge in [0.15, 0.2) is 17.1 Å². The molecule has 6 rings (SSSR count). The molecule has 3 heterocycles. The van der Waals surface area contributed by atoms with Gasteiger partial charge in [-0.2, -0.15) is 26.3 Å². The fourth-order valence-electron chi connectivity index (χ4n) is 5.87. The van der Waals surface area contributed by atoms with Crippen LogP contribution in [0, 0.1) is 0 Å². The van der Waals surface area contributed by atoms with Crippen molar-refractivity contribution in [2.45, 2.75) is 75.6 Å². The van der Waals surface area contributed by atoms with E-state index in [-0.39, 0.29) is 59.3 Å². The van der Waals surface area contributed by atoms with Crippen molar-refractivity contribution in [2.75, 3.05) is 5.73 Å². The summed E-state index contributed by atoms with van der Waals surface area (Å²) in [4.78, 5) is 32.1. The van der Waals surface area contributed by atoms with Crippen molar-refractivity contribution in [3.05, 3.63) is 58.3 Å². The summed E-state index contributed by atoms with van der Waals surface area (Å²) in [5, 5.41) is 16.6. The van der Waals surface area contributed by atoms with Gasteiger partial charge in [0.25, 0.3) is 11.8 Å². The highest BCUT2D eigenvalue weighted by molar-refractivity contribution is 6.04. The Kier molecular flexibility index (Phi) is 6.52. The summed E-state index contributed by atoms with van der Waals surface area (Å²) >= 11 is 0. The van der Waals surface area contributed by atoms with Crippen molar-refractivity contribution >= 4 is 23.3 Å². The van der Waals surface area contributed by atoms with Gasteiger partial charge in [-0.05, 0) is 68.4 Å². The molecule has 228 valence electrons. The molecule has 0 saturated heterocycles. The Balaban J connectivity index is 1.32. The highest BCUT2D eigenvalue weighted by Crippen LogP contribution is 2.43. The number of hydrogen-bond donors (Lipinski definition) is 3. The SMILES string of the molecule is C[C@@H](C1=CC1)N1Cc2cc(-c3ccn4nc(N)c(C(=O)NC5CCC(O)(C(F)(F)F)CC5)c4n3)cc(C(F)(F)F)c2C1=O. The largest absolute Gasteiger partial charge is 0.417 e. The minimum absolute atomic E-state index is 0.00994. The number of nitrogens with one attached hydrogen (secondary N) is 1. The van der Waals surface area contributed by atoms with Crippen LogP contribution in [0.2, 0.25) is 0 Å². The monoisotopic (exact) mass is 608 g/mol. The van der Waals surface area contributed by atoms with Crippen molar-refractivity contribution in [1.82, 2.24) is 24.8 Å². The smallest absolute Gasteiger partial charge is 0.381 e. The number of allylic oxidation sites excluding steroid dienone is 1. The number of alkyl halides is 6. The lowest BCUT2D eigenvalue weighted by Gasteiger charge is -2.37. The first kappa shape index (κ1) is 29.0. The fraction of sp³-hybridized carbons (Fsp3) is 0.429. The molecule has 0 spiro atoms. The highest BCUT2D eigenvalue weighted by atomic mass is 19.4. The Hall–Kier alpha value is -4.14. The number of anilines is 1. The number of nitrogen functional groups attached to an aromatic ring is 1. The molecule has 0 radical (unpaired) electrons. The lowest BCUT2D eigenvalue weighted by atomic mass is 9.81. The van der Waals surface area contributed by atoms with E-state index >= 15 is 0 Å². The molecule has 1 aliphatic heterocycles. The van der Waals surface area contributed by atoms with Gasteiger partial charge in [0.1, 0.15) is 5.56 Å². The minimum Gasteiger partial charge on any atom is -0.381 e. The van der Waals surface area contributed by atoms with Crippen LogP contribution in [0.15, 0.2) is 36.0 Å². The Morgan fingerprint density at radius 3 is 2.47 bits per heavy atom. The first-order valence-corrected chi connectivity index (χ1v) is 13.6. The van der Waals surface area contributed by atoms with E-state index in [4.69, 9.17) is 5.73 Å². The number of carbonyl (C=O) groups excluding carboxylic acids is 2. The molecule has 1 atom stereocenters. The number of aromatic nitrogens is 3. The quantitative estimate of drug-likeness (QED) is 0.286. The summed E-state index contributed by atoms with van der Waals surface area (Å²) in [5.41, 5.74) is 2.70. The average molecular weight is 609 g/mol. The number of fused-ring (bicyclic) bond motifs is 2. The molecule has 1 saturated carbocycles. The maximum atomic E-state index is 14.2. The van der Waals surface area contributed by atoms with E-state index in [1.165, 1.54) is 27.7 Å². The number of hydrogen-bond acceptors (Lipinski definition) is 6. The highest BCUT2D eigenvalue weighted by Gasteiger charge is 2.54. The van der Waals surface area contributed by atoms with Crippen LogP contribution in [0.4, 0.5) is 32.2 Å². The zero-order valence-corrected chi connectivity index (χ0v) is 22.7. The summed E-state index contributed by atoms with van der Waals surface area (Å²) in [6, 6.07) is 2.70. The van der Waals surface area contributed by atoms with Crippen LogP contribution in [-0.2, 0) is 12.7 Å². The van der Waals surface area contributed by atoms with Crippen LogP contribution in [0.25, 0.3) is 16.9 Å². The normalized spacial score (nSPS) is 22.9. The second kappa shape index (κ2) is 9.69. The molecule has 2 aliphatic carbocycles. The van der Waals surface area contributed by atoms with E-state index in [9.17, 15) is 41.0 Å². The second-order valence-corrected chi connectivity index (χ2v) is 11.3. The van der Waals surface area contributed by atoms with Crippen molar-refractivity contribution < 1.29 is 41.0 Å². The summed E-state index contributed by atoms with van der Waals surface area (Å²) in [6.45, 7) is 1.76. The van der Waals surface area contributed by atoms with Gasteiger partial charge < -0.3 is 21.1 Å². The van der Waals surface area contributed by atoms with Crippen LogP contribution in [-0.4, -0.2) is 60.3 Å². The third-order valence-corrected chi connectivity index (χ3v) is 8.50. The Bertz CT molecular complexity index is 1690. The number of rotatable bonds is 5. The number of benzene rings is 1. The van der Waals surface area contributed by atoms with Gasteiger partial charge in [-0.1, -0.05) is 6.08 Å². The molecule has 9 nitrogen and oxygen atoms in total. The Morgan fingerprint density at radius 1 is 1.19 bits per heavy atom. The van der Waals surface area contributed by atoms with Gasteiger partial charge in [-0.25, -0.2) is 9.50 Å². The number of amides is 2. The van der Waals surface area contributed by atoms with E-state index in [1.807, 2.05) is 6.08 Å². The maximum absolute atomic E-state index is 14.2. The van der Waals surface area contributed by atoms with Crippen molar-refractivity contribution in [1.29, 1.82) is 0 Å². The first-order chi connectivity index (χ1) is 20.1. The van der Waals surface area contributed by atoms with Gasteiger partial charge in [0.05, 0.1) is 22.9 Å². The van der Waals surface area contributed by atoms with Gasteiger partial charge in [-0.15, -0.1) is 5.10 Å². The molecule has 43 heavy (non-hydrogen) atoms. The number of nitrogens with zero attached hydrogens (tertiary/aromatic N) is 4. The molecular formula is C28H26F6N6O3. The van der Waals surface area contributed by atoms with E-state index in [2.05, 4.69) is 15.4 Å². The zero-order chi connectivity index (χ0) is 31.1. The molecule has 0 bridgehead atoms. The van der Waals surface area contributed by atoms with Crippen LogP contribution in [0.1, 0.15) is 70.9 Å². The topological polar surface area (TPSA) is 126 Å². The molecule has 2 aromatic heterocycles. The molecule has 15 heteroatoms. The molecular weight excluding hydrogens is 582 g/mol. The summed E-state index contributed by atoms with van der Waals surface area (Å²) in [7, 11) is 0. The average Bonchev–Trinajstić information content (AvgIpc) is 3.65. The van der Waals surface area contributed by atoms with E-state index in [0.29, 0.717) is 6.42 Å². The van der Waals surface area contributed by atoms with E-state index in [0.717, 1.165) is 11.6 Å². The molecule has 1 aromatic carbocycles. The Morgan fingerprint density at radius 2 is 1.86 bits per heavy atom. The van der Waals surface area contributed by atoms with Crippen molar-refractivity contribution in [2.24, 2.45) is 0 Å². The predicted molar refractivity (Wildman–Crippen MR) is 141 cm³/mol. The molecule has 0 unspecified atom stereocenters. The fourth-order valence-corrected chi connectivity index (χ4v) is 5.87. The number of carbonyl (C=O) groups is 2. The standard InChI is InChI=1S/C28H26F6N6O3/c1-13(14-2-3-14)39-12-16-10-15(11-18(27(29,30)31)20(16)25(39)42)19-6-9-40-23(37-19)21(22(35)38-40)24(41)36-17-4-7-26(43,8-5-17)28(32,33)34/h2,6,9-11,13,17,43H,3-5,7-8,12H2,1H3,(H2,35,38)(H,36,41)/t13-,17?,26?/m0/s1. The molecule has 4 N–H and O–H groups in total. The van der Waals surface area contributed by atoms with Crippen molar-refractivity contribution in [3.8, 4) is 11.3 Å². The Labute approximate surface area is 240 Å².